The Bertz CT molecular complexity index is 2890. The number of aromatic amines is 1. The van der Waals surface area contributed by atoms with Crippen molar-refractivity contribution in [2.75, 3.05) is 69.2 Å². The van der Waals surface area contributed by atoms with Crippen molar-refractivity contribution in [3.05, 3.63) is 117 Å². The molecule has 360 valence electrons. The number of hydrogen-bond donors (Lipinski definition) is 3. The highest BCUT2D eigenvalue weighted by molar-refractivity contribution is 7.90. The van der Waals surface area contributed by atoms with Crippen molar-refractivity contribution in [1.29, 1.82) is 0 Å². The zero-order chi connectivity index (χ0) is 48.5. The molecule has 3 aliphatic rings. The van der Waals surface area contributed by atoms with Crippen LogP contribution in [-0.4, -0.2) is 110 Å². The number of benzene rings is 3. The van der Waals surface area contributed by atoms with Crippen LogP contribution in [0, 0.1) is 22.5 Å². The van der Waals surface area contributed by atoms with Crippen molar-refractivity contribution < 1.29 is 45.6 Å². The van der Waals surface area contributed by atoms with Gasteiger partial charge in [-0.1, -0.05) is 25.5 Å². The fourth-order valence-corrected chi connectivity index (χ4v) is 10.0. The van der Waals surface area contributed by atoms with Gasteiger partial charge in [-0.3, -0.25) is 24.6 Å². The number of anilines is 2. The van der Waals surface area contributed by atoms with Crippen LogP contribution in [0.2, 0.25) is 0 Å². The molecule has 0 radical (unpaired) electrons. The molecule has 3 N–H and O–H groups in total. The summed E-state index contributed by atoms with van der Waals surface area (Å²) >= 11 is 0. The summed E-state index contributed by atoms with van der Waals surface area (Å²) in [4.78, 5) is 50.2. The van der Waals surface area contributed by atoms with Crippen molar-refractivity contribution in [3.63, 3.8) is 0 Å². The Morgan fingerprint density at radius 2 is 1.81 bits per heavy atom. The molecular formula is C48H53F3N8O8S. The molecule has 2 aliphatic heterocycles. The van der Waals surface area contributed by atoms with Gasteiger partial charge < -0.3 is 29.6 Å². The van der Waals surface area contributed by atoms with Crippen molar-refractivity contribution in [1.82, 2.24) is 24.5 Å². The van der Waals surface area contributed by atoms with Crippen LogP contribution in [0.15, 0.2) is 89.6 Å². The number of morpholine rings is 1. The first kappa shape index (κ1) is 48.0. The molecule has 2 amide bonds. The molecule has 1 aliphatic carbocycles. The van der Waals surface area contributed by atoms with Gasteiger partial charge in [-0.05, 0) is 96.8 Å². The zero-order valence-electron chi connectivity index (χ0n) is 38.1. The van der Waals surface area contributed by atoms with Crippen molar-refractivity contribution in [2.24, 2.45) is 5.41 Å². The Morgan fingerprint density at radius 3 is 2.53 bits per heavy atom. The predicted octanol–water partition coefficient (Wildman–Crippen LogP) is 8.15. The predicted molar refractivity (Wildman–Crippen MR) is 250 cm³/mol. The first-order valence-electron chi connectivity index (χ1n) is 22.3. The summed E-state index contributed by atoms with van der Waals surface area (Å²) in [5.74, 6) is -0.836. The molecule has 0 spiro atoms. The number of nitrogens with zero attached hydrogens (tertiary/aromatic N) is 5. The van der Waals surface area contributed by atoms with Crippen LogP contribution in [0.3, 0.4) is 0 Å². The van der Waals surface area contributed by atoms with E-state index in [1.165, 1.54) is 43.0 Å². The number of pyridine rings is 1. The first-order chi connectivity index (χ1) is 32.2. The van der Waals surface area contributed by atoms with Gasteiger partial charge in [0.1, 0.15) is 22.8 Å². The maximum Gasteiger partial charge on any atom is 0.416 e. The van der Waals surface area contributed by atoms with Crippen LogP contribution in [-0.2, 0) is 25.7 Å². The van der Waals surface area contributed by atoms with Gasteiger partial charge in [-0.15, -0.1) is 0 Å². The Balaban J connectivity index is 0.997. The summed E-state index contributed by atoms with van der Waals surface area (Å²) in [6.07, 6.45) is 0.874. The lowest BCUT2D eigenvalue weighted by Crippen LogP contribution is -2.47. The number of alkyl halides is 3. The number of aryl methyl sites for hydroxylation is 1. The Hall–Kier alpha value is -6.51. The molecule has 0 unspecified atom stereocenters. The van der Waals surface area contributed by atoms with E-state index in [-0.39, 0.29) is 47.2 Å². The largest absolute Gasteiger partial charge is 0.455 e. The number of nitro groups is 1. The highest BCUT2D eigenvalue weighted by Gasteiger charge is 2.34. The summed E-state index contributed by atoms with van der Waals surface area (Å²) in [6.45, 7) is 11.9. The first-order valence-corrected chi connectivity index (χ1v) is 23.8. The number of halogens is 3. The number of H-pyrrole nitrogens is 1. The number of rotatable bonds is 13. The van der Waals surface area contributed by atoms with Crippen molar-refractivity contribution in [3.8, 4) is 11.5 Å². The van der Waals surface area contributed by atoms with Crippen LogP contribution in [0.1, 0.15) is 67.1 Å². The molecule has 0 bridgehead atoms. The lowest BCUT2D eigenvalue weighted by atomic mass is 9.72. The fraction of sp³-hybridized carbons (Fsp3) is 0.396. The van der Waals surface area contributed by atoms with E-state index in [0.29, 0.717) is 62.8 Å². The van der Waals surface area contributed by atoms with E-state index in [1.54, 1.807) is 48.4 Å². The molecule has 3 aromatic carbocycles. The molecule has 0 saturated carbocycles. The average molecular weight is 959 g/mol. The number of hydrogen-bond acceptors (Lipinski definition) is 12. The topological polar surface area (TPSA) is 192 Å². The summed E-state index contributed by atoms with van der Waals surface area (Å²) < 4.78 is 82.2. The van der Waals surface area contributed by atoms with Gasteiger partial charge in [0, 0.05) is 88.7 Å². The number of allylic oxidation sites excluding steroid dienone is 1. The molecular weight excluding hydrogens is 906 g/mol. The summed E-state index contributed by atoms with van der Waals surface area (Å²) in [5.41, 5.74) is 3.81. The van der Waals surface area contributed by atoms with Gasteiger partial charge >= 0.3 is 6.18 Å². The average Bonchev–Trinajstić information content (AvgIpc) is 3.77. The number of aromatic nitrogens is 2. The molecule has 2 aromatic heterocycles. The molecule has 8 rings (SSSR count). The van der Waals surface area contributed by atoms with E-state index in [4.69, 9.17) is 9.47 Å². The van der Waals surface area contributed by atoms with Crippen LogP contribution in [0.25, 0.3) is 16.6 Å². The summed E-state index contributed by atoms with van der Waals surface area (Å²) in [7, 11) is -4.67. The third kappa shape index (κ3) is 10.9. The van der Waals surface area contributed by atoms with Crippen LogP contribution in [0.5, 0.6) is 11.5 Å². The number of piperazine rings is 1. The Labute approximate surface area is 391 Å². The third-order valence-electron chi connectivity index (χ3n) is 12.8. The molecule has 2 saturated heterocycles. The van der Waals surface area contributed by atoms with Gasteiger partial charge in [0.25, 0.3) is 21.6 Å². The van der Waals surface area contributed by atoms with E-state index in [9.17, 15) is 41.3 Å². The summed E-state index contributed by atoms with van der Waals surface area (Å²) in [5, 5.41) is 15.8. The lowest BCUT2D eigenvalue weighted by molar-refractivity contribution is -0.384. The van der Waals surface area contributed by atoms with Gasteiger partial charge in [-0.25, -0.2) is 18.1 Å². The number of carbonyl (C=O) groups is 2. The zero-order valence-corrected chi connectivity index (χ0v) is 38.9. The number of sulfonamides is 1. The van der Waals surface area contributed by atoms with Crippen LogP contribution >= 0.6 is 0 Å². The number of ether oxygens (including phenoxy) is 2. The number of nitrogens with one attached hydrogen (secondary N) is 3. The fourth-order valence-electron chi connectivity index (χ4n) is 9.05. The molecule has 1 atom stereocenters. The molecule has 4 heterocycles. The number of fused-ring (bicyclic) bond motifs is 1. The van der Waals surface area contributed by atoms with Crippen LogP contribution in [0.4, 0.5) is 30.2 Å². The van der Waals surface area contributed by atoms with Gasteiger partial charge in [0.05, 0.1) is 39.9 Å². The maximum absolute atomic E-state index is 14.0. The normalized spacial score (nSPS) is 18.1. The SMILES string of the molecule is CC(=O)N1CCO[C@H](CNc2ccc(S(=O)(=O)NC(=O)c3ccc(N4CCN(CC5=C(c6ccc(C(F)(F)F)cc6C)CC(C)(C)CC5)CC4)cc3Oc3cnc4[nH]ccc4c3)cc2[N+](=O)[O-])C1. The van der Waals surface area contributed by atoms with E-state index in [1.807, 2.05) is 0 Å². The van der Waals surface area contributed by atoms with E-state index in [2.05, 4.69) is 43.7 Å². The highest BCUT2D eigenvalue weighted by atomic mass is 32.2. The van der Waals surface area contributed by atoms with Crippen LogP contribution < -0.4 is 19.7 Å². The van der Waals surface area contributed by atoms with Crippen molar-refractivity contribution >= 4 is 55.5 Å². The number of nitro benzene ring substituents is 1. The van der Waals surface area contributed by atoms with E-state index >= 15 is 0 Å². The number of carbonyl (C=O) groups excluding carboxylic acids is 2. The minimum Gasteiger partial charge on any atom is -0.455 e. The minimum absolute atomic E-state index is 0.000778. The smallest absolute Gasteiger partial charge is 0.416 e. The molecule has 2 fully saturated rings. The standard InChI is InChI=1S/C48H53F3N8O8S/c1-30-21-34(48(49,50)51)5-8-39(30)41-25-47(3,4)13-11-33(41)28-56-15-17-57(18-16-56)35-6-9-40(44(23-35)67-36-22-32-12-14-52-45(32)54-26-36)46(61)55-68(64,65)38-7-10-42(43(24-38)59(62)63)53-27-37-29-58(31(2)60)19-20-66-37/h5-10,12,14,21-24,26,37,53H,11,13,15-20,25,27-29H2,1-4H3,(H,52,54)(H,55,61)/t37-/m1/s1. The number of amides is 2. The Kier molecular flexibility index (Phi) is 13.6. The Morgan fingerprint density at radius 1 is 1.03 bits per heavy atom. The molecule has 20 heteroatoms. The molecule has 68 heavy (non-hydrogen) atoms. The summed E-state index contributed by atoms with van der Waals surface area (Å²) in [6, 6.07) is 15.6. The molecule has 5 aromatic rings. The van der Waals surface area contributed by atoms with E-state index < -0.39 is 49.3 Å². The minimum atomic E-state index is -4.67. The molecule has 16 nitrogen and oxygen atoms in total. The highest BCUT2D eigenvalue weighted by Crippen LogP contribution is 2.45. The van der Waals surface area contributed by atoms with Gasteiger partial charge in [-0.2, -0.15) is 13.2 Å². The van der Waals surface area contributed by atoms with Crippen molar-refractivity contribution in [2.45, 2.75) is 64.1 Å². The second kappa shape index (κ2) is 19.2. The quantitative estimate of drug-likeness (QED) is 0.0759. The third-order valence-corrected chi connectivity index (χ3v) is 14.2. The maximum atomic E-state index is 14.0. The van der Waals surface area contributed by atoms with Gasteiger partial charge in [0.15, 0.2) is 0 Å². The lowest BCUT2D eigenvalue weighted by Gasteiger charge is -2.39. The van der Waals surface area contributed by atoms with E-state index in [0.717, 1.165) is 47.9 Å². The monoisotopic (exact) mass is 958 g/mol. The second-order valence-electron chi connectivity index (χ2n) is 18.3. The van der Waals surface area contributed by atoms with Gasteiger partial charge in [0.2, 0.25) is 5.91 Å². The second-order valence-corrected chi connectivity index (χ2v) is 20.0.